The molecule has 1 heterocycles. The monoisotopic (exact) mass is 306 g/mol. The lowest BCUT2D eigenvalue weighted by atomic mass is 9.81. The lowest BCUT2D eigenvalue weighted by Crippen LogP contribution is -2.18. The standard InChI is InChI=1S/C14H18N4O2S/c15-21(19,20)14-6-2-4-12(8-14)11-3-1-5-13(7-11)18-9-16-17-10-18/h2,4,6,8-11,13H,1,3,5,7H2,(H2,15,19,20)/t11-,13+/m0/s1. The third-order valence-electron chi connectivity index (χ3n) is 4.16. The van der Waals surface area contributed by atoms with Crippen molar-refractivity contribution in [1.29, 1.82) is 0 Å². The molecule has 3 rings (SSSR count). The molecule has 2 aromatic rings. The Morgan fingerprint density at radius 3 is 2.67 bits per heavy atom. The van der Waals surface area contributed by atoms with E-state index in [4.69, 9.17) is 5.14 Å². The Morgan fingerprint density at radius 2 is 1.95 bits per heavy atom. The molecular formula is C14H18N4O2S. The van der Waals surface area contributed by atoms with E-state index in [0.29, 0.717) is 12.0 Å². The van der Waals surface area contributed by atoms with Crippen molar-refractivity contribution in [3.63, 3.8) is 0 Å². The Labute approximate surface area is 124 Å². The first-order chi connectivity index (χ1) is 10.0. The summed E-state index contributed by atoms with van der Waals surface area (Å²) < 4.78 is 25.0. The van der Waals surface area contributed by atoms with Crippen molar-refractivity contribution < 1.29 is 8.42 Å². The second-order valence-electron chi connectivity index (χ2n) is 5.54. The van der Waals surface area contributed by atoms with E-state index in [1.165, 1.54) is 0 Å². The maximum atomic E-state index is 11.5. The van der Waals surface area contributed by atoms with Crippen LogP contribution in [0.1, 0.15) is 43.2 Å². The molecule has 1 aromatic heterocycles. The molecule has 21 heavy (non-hydrogen) atoms. The minimum Gasteiger partial charge on any atom is -0.317 e. The van der Waals surface area contributed by atoms with Crippen LogP contribution in [-0.4, -0.2) is 23.2 Å². The van der Waals surface area contributed by atoms with Gasteiger partial charge in [-0.25, -0.2) is 13.6 Å². The molecule has 0 amide bonds. The zero-order valence-corrected chi connectivity index (χ0v) is 12.4. The van der Waals surface area contributed by atoms with E-state index in [0.717, 1.165) is 31.2 Å². The maximum Gasteiger partial charge on any atom is 0.238 e. The highest BCUT2D eigenvalue weighted by molar-refractivity contribution is 7.89. The second kappa shape index (κ2) is 5.57. The van der Waals surface area contributed by atoms with Crippen molar-refractivity contribution in [3.8, 4) is 0 Å². The molecule has 2 atom stereocenters. The SMILES string of the molecule is NS(=O)(=O)c1cccc([C@H]2CCC[C@@H](n3cnnc3)C2)c1. The van der Waals surface area contributed by atoms with Crippen molar-refractivity contribution in [3.05, 3.63) is 42.5 Å². The molecule has 0 aliphatic heterocycles. The highest BCUT2D eigenvalue weighted by atomic mass is 32.2. The van der Waals surface area contributed by atoms with Crippen LogP contribution in [0.5, 0.6) is 0 Å². The van der Waals surface area contributed by atoms with Gasteiger partial charge in [0.05, 0.1) is 4.90 Å². The summed E-state index contributed by atoms with van der Waals surface area (Å²) in [5.74, 6) is 0.341. The van der Waals surface area contributed by atoms with E-state index in [9.17, 15) is 8.42 Å². The van der Waals surface area contributed by atoms with E-state index >= 15 is 0 Å². The molecule has 0 radical (unpaired) electrons. The molecule has 2 N–H and O–H groups in total. The predicted octanol–water partition coefficient (Wildman–Crippen LogP) is 1.82. The molecule has 1 aromatic carbocycles. The lowest BCUT2D eigenvalue weighted by molar-refractivity contribution is 0.318. The highest BCUT2D eigenvalue weighted by Crippen LogP contribution is 2.38. The molecule has 112 valence electrons. The number of primary sulfonamides is 1. The molecular weight excluding hydrogens is 288 g/mol. The Bertz CT molecular complexity index is 712. The largest absolute Gasteiger partial charge is 0.317 e. The topological polar surface area (TPSA) is 90.9 Å². The molecule has 0 bridgehead atoms. The first-order valence-electron chi connectivity index (χ1n) is 7.01. The van der Waals surface area contributed by atoms with Crippen molar-refractivity contribution in [2.24, 2.45) is 5.14 Å². The summed E-state index contributed by atoms with van der Waals surface area (Å²) in [6.45, 7) is 0. The van der Waals surface area contributed by atoms with Gasteiger partial charge in [0, 0.05) is 6.04 Å². The van der Waals surface area contributed by atoms with E-state index in [-0.39, 0.29) is 4.90 Å². The number of hydrogen-bond donors (Lipinski definition) is 1. The Balaban J connectivity index is 1.84. The summed E-state index contributed by atoms with van der Waals surface area (Å²) in [5, 5.41) is 12.9. The van der Waals surface area contributed by atoms with Gasteiger partial charge in [-0.2, -0.15) is 0 Å². The van der Waals surface area contributed by atoms with Gasteiger partial charge < -0.3 is 4.57 Å². The third kappa shape index (κ3) is 3.14. The molecule has 1 aliphatic rings. The van der Waals surface area contributed by atoms with Crippen molar-refractivity contribution in [2.75, 3.05) is 0 Å². The average Bonchev–Trinajstić information content (AvgIpc) is 3.01. The summed E-state index contributed by atoms with van der Waals surface area (Å²) >= 11 is 0. The minimum absolute atomic E-state index is 0.187. The van der Waals surface area contributed by atoms with Crippen LogP contribution >= 0.6 is 0 Å². The molecule has 7 heteroatoms. The van der Waals surface area contributed by atoms with Crippen LogP contribution in [-0.2, 0) is 10.0 Å². The fraction of sp³-hybridized carbons (Fsp3) is 0.429. The van der Waals surface area contributed by atoms with Gasteiger partial charge >= 0.3 is 0 Å². The second-order valence-corrected chi connectivity index (χ2v) is 7.11. The summed E-state index contributed by atoms with van der Waals surface area (Å²) in [4.78, 5) is 0.187. The fourth-order valence-electron chi connectivity index (χ4n) is 3.08. The zero-order chi connectivity index (χ0) is 14.9. The predicted molar refractivity (Wildman–Crippen MR) is 78.1 cm³/mol. The van der Waals surface area contributed by atoms with Crippen LogP contribution < -0.4 is 5.14 Å². The third-order valence-corrected chi connectivity index (χ3v) is 5.07. The van der Waals surface area contributed by atoms with Gasteiger partial charge in [-0.3, -0.25) is 0 Å². The molecule has 0 unspecified atom stereocenters. The van der Waals surface area contributed by atoms with Crippen molar-refractivity contribution >= 4 is 10.0 Å². The smallest absolute Gasteiger partial charge is 0.238 e. The number of rotatable bonds is 3. The van der Waals surface area contributed by atoms with E-state index < -0.39 is 10.0 Å². The Morgan fingerprint density at radius 1 is 1.19 bits per heavy atom. The number of aromatic nitrogens is 3. The number of nitrogens with zero attached hydrogens (tertiary/aromatic N) is 3. The van der Waals surface area contributed by atoms with Crippen LogP contribution in [0.25, 0.3) is 0 Å². The van der Waals surface area contributed by atoms with E-state index in [2.05, 4.69) is 10.2 Å². The van der Waals surface area contributed by atoms with Gasteiger partial charge in [-0.05, 0) is 42.9 Å². The van der Waals surface area contributed by atoms with Gasteiger partial charge in [0.25, 0.3) is 0 Å². The maximum absolute atomic E-state index is 11.5. The van der Waals surface area contributed by atoms with Gasteiger partial charge in [0.2, 0.25) is 10.0 Å². The highest BCUT2D eigenvalue weighted by Gasteiger charge is 2.25. The number of sulfonamides is 1. The summed E-state index contributed by atoms with van der Waals surface area (Å²) in [6, 6.07) is 7.36. The van der Waals surface area contributed by atoms with Gasteiger partial charge in [-0.15, -0.1) is 10.2 Å². The van der Waals surface area contributed by atoms with Gasteiger partial charge in [0.15, 0.2) is 0 Å². The molecule has 1 fully saturated rings. The van der Waals surface area contributed by atoms with Crippen molar-refractivity contribution in [2.45, 2.75) is 42.5 Å². The minimum atomic E-state index is -3.65. The van der Waals surface area contributed by atoms with Crippen molar-refractivity contribution in [1.82, 2.24) is 14.8 Å². The normalized spacial score (nSPS) is 23.1. The van der Waals surface area contributed by atoms with E-state index in [1.54, 1.807) is 30.9 Å². The molecule has 6 nitrogen and oxygen atoms in total. The number of nitrogens with two attached hydrogens (primary N) is 1. The summed E-state index contributed by atoms with van der Waals surface area (Å²) in [5.41, 5.74) is 1.04. The van der Waals surface area contributed by atoms with Crippen LogP contribution in [0.4, 0.5) is 0 Å². The molecule has 0 spiro atoms. The number of benzene rings is 1. The van der Waals surface area contributed by atoms with Crippen LogP contribution in [0.2, 0.25) is 0 Å². The Hall–Kier alpha value is -1.73. The van der Waals surface area contributed by atoms with Crippen LogP contribution in [0, 0.1) is 0 Å². The molecule has 1 aliphatic carbocycles. The fourth-order valence-corrected chi connectivity index (χ4v) is 3.65. The quantitative estimate of drug-likeness (QED) is 0.936. The van der Waals surface area contributed by atoms with E-state index in [1.807, 2.05) is 10.6 Å². The van der Waals surface area contributed by atoms with Gasteiger partial charge in [-0.1, -0.05) is 18.6 Å². The average molecular weight is 306 g/mol. The lowest BCUT2D eigenvalue weighted by Gasteiger charge is -2.30. The summed E-state index contributed by atoms with van der Waals surface area (Å²) in [6.07, 6.45) is 7.72. The number of hydrogen-bond acceptors (Lipinski definition) is 4. The molecule has 0 saturated heterocycles. The van der Waals surface area contributed by atoms with Gasteiger partial charge in [0.1, 0.15) is 12.7 Å². The van der Waals surface area contributed by atoms with Crippen LogP contribution in [0.15, 0.2) is 41.8 Å². The first-order valence-corrected chi connectivity index (χ1v) is 8.55. The summed E-state index contributed by atoms with van der Waals surface area (Å²) in [7, 11) is -3.65. The molecule has 1 saturated carbocycles. The van der Waals surface area contributed by atoms with Crippen LogP contribution in [0.3, 0.4) is 0 Å². The zero-order valence-electron chi connectivity index (χ0n) is 11.6. The first kappa shape index (κ1) is 14.2. The Kier molecular flexibility index (Phi) is 3.77.